The fourth-order valence-corrected chi connectivity index (χ4v) is 2.65. The number of H-pyrrole nitrogens is 1. The number of aromatic carboxylic acids is 1. The molecule has 0 saturated heterocycles. The molecule has 4 aromatic rings. The van der Waals surface area contributed by atoms with E-state index < -0.39 is 5.97 Å². The van der Waals surface area contributed by atoms with Gasteiger partial charge in [0.2, 0.25) is 0 Å². The van der Waals surface area contributed by atoms with Crippen LogP contribution in [-0.4, -0.2) is 21.3 Å². The predicted octanol–water partition coefficient (Wildman–Crippen LogP) is 3.58. The van der Waals surface area contributed by atoms with E-state index >= 15 is 0 Å². The topological polar surface area (TPSA) is 92.3 Å². The molecule has 0 atom stereocenters. The number of aryl methyl sites for hydroxylation is 1. The highest BCUT2D eigenvalue weighted by atomic mass is 16.4. The van der Waals surface area contributed by atoms with Crippen LogP contribution in [0.15, 0.2) is 39.6 Å². The van der Waals surface area contributed by atoms with E-state index in [0.29, 0.717) is 11.3 Å². The summed E-state index contributed by atoms with van der Waals surface area (Å²) in [6, 6.07) is 5.18. The molecule has 0 aliphatic heterocycles. The molecule has 0 aliphatic rings. The van der Waals surface area contributed by atoms with Gasteiger partial charge in [0.05, 0.1) is 23.8 Å². The normalized spacial score (nSPS) is 11.5. The highest BCUT2D eigenvalue weighted by Gasteiger charge is 2.20. The number of rotatable bonds is 2. The molecule has 2 N–H and O–H groups in total. The number of aromatic amines is 1. The minimum absolute atomic E-state index is 0.0296. The Morgan fingerprint density at radius 3 is 2.62 bits per heavy atom. The minimum atomic E-state index is -1.06. The van der Waals surface area contributed by atoms with Crippen molar-refractivity contribution in [2.24, 2.45) is 0 Å². The number of nitrogens with one attached hydrogen (secondary N) is 1. The minimum Gasteiger partial charge on any atom is -0.477 e. The quantitative estimate of drug-likeness (QED) is 0.586. The number of carboxylic acid groups (broad SMARTS) is 1. The molecule has 0 radical (unpaired) electrons. The largest absolute Gasteiger partial charge is 0.477 e. The first kappa shape index (κ1) is 11.8. The Morgan fingerprint density at radius 1 is 1.19 bits per heavy atom. The summed E-state index contributed by atoms with van der Waals surface area (Å²) in [5, 5.41) is 17.4. The first-order chi connectivity index (χ1) is 10.2. The van der Waals surface area contributed by atoms with Gasteiger partial charge in [0, 0.05) is 16.3 Å². The van der Waals surface area contributed by atoms with Crippen LogP contribution in [0.5, 0.6) is 0 Å². The van der Waals surface area contributed by atoms with E-state index in [4.69, 9.17) is 13.9 Å². The molecule has 0 fully saturated rings. The fourth-order valence-electron chi connectivity index (χ4n) is 2.65. The number of nitrogens with zero attached hydrogens (tertiary/aromatic N) is 1. The Kier molecular flexibility index (Phi) is 2.24. The Hall–Kier alpha value is -3.02. The number of carbonyl (C=O) groups is 1. The molecule has 3 heterocycles. The maximum atomic E-state index is 11.0. The van der Waals surface area contributed by atoms with E-state index in [1.807, 2.05) is 19.1 Å². The summed E-state index contributed by atoms with van der Waals surface area (Å²) >= 11 is 0. The number of hydrogen-bond acceptors (Lipinski definition) is 4. The first-order valence-electron chi connectivity index (χ1n) is 6.33. The molecule has 0 bridgehead atoms. The molecule has 0 unspecified atom stereocenters. The van der Waals surface area contributed by atoms with Crippen molar-refractivity contribution < 1.29 is 18.7 Å². The molecule has 1 aromatic carbocycles. The van der Waals surface area contributed by atoms with Gasteiger partial charge in [-0.15, -0.1) is 0 Å². The van der Waals surface area contributed by atoms with Crippen molar-refractivity contribution in [3.8, 4) is 11.3 Å². The SMILES string of the molecule is Cc1c2ccoc2c(-c2cc(C(=O)O)[nH]n2)c2ccoc12. The number of aromatic nitrogens is 2. The Bertz CT molecular complexity index is 938. The Balaban J connectivity index is 2.13. The average Bonchev–Trinajstić information content (AvgIpc) is 3.19. The lowest BCUT2D eigenvalue weighted by Crippen LogP contribution is -1.95. The average molecular weight is 282 g/mol. The molecule has 0 saturated carbocycles. The predicted molar refractivity (Wildman–Crippen MR) is 75.3 cm³/mol. The summed E-state index contributed by atoms with van der Waals surface area (Å²) < 4.78 is 11.1. The molecular weight excluding hydrogens is 272 g/mol. The summed E-state index contributed by atoms with van der Waals surface area (Å²) in [7, 11) is 0. The lowest BCUT2D eigenvalue weighted by atomic mass is 10.00. The van der Waals surface area contributed by atoms with Crippen molar-refractivity contribution in [1.29, 1.82) is 0 Å². The maximum absolute atomic E-state index is 11.0. The smallest absolute Gasteiger partial charge is 0.353 e. The summed E-state index contributed by atoms with van der Waals surface area (Å²) in [6.07, 6.45) is 3.20. The van der Waals surface area contributed by atoms with Gasteiger partial charge in [-0.3, -0.25) is 5.10 Å². The van der Waals surface area contributed by atoms with Gasteiger partial charge in [-0.05, 0) is 25.1 Å². The molecule has 0 amide bonds. The number of hydrogen-bond donors (Lipinski definition) is 2. The molecule has 0 aliphatic carbocycles. The molecule has 104 valence electrons. The lowest BCUT2D eigenvalue weighted by Gasteiger charge is -2.04. The van der Waals surface area contributed by atoms with Crippen LogP contribution >= 0.6 is 0 Å². The molecule has 3 aromatic heterocycles. The Labute approximate surface area is 118 Å². The van der Waals surface area contributed by atoms with Gasteiger partial charge in [0.1, 0.15) is 16.9 Å². The van der Waals surface area contributed by atoms with Crippen molar-refractivity contribution in [1.82, 2.24) is 10.2 Å². The third-order valence-corrected chi connectivity index (χ3v) is 3.64. The van der Waals surface area contributed by atoms with Gasteiger partial charge in [-0.2, -0.15) is 5.10 Å². The molecule has 21 heavy (non-hydrogen) atoms. The second kappa shape index (κ2) is 3.99. The summed E-state index contributed by atoms with van der Waals surface area (Å²) in [6.45, 7) is 1.96. The van der Waals surface area contributed by atoms with Gasteiger partial charge in [-0.1, -0.05) is 0 Å². The zero-order chi connectivity index (χ0) is 14.6. The van der Waals surface area contributed by atoms with Crippen molar-refractivity contribution in [3.05, 3.63) is 42.0 Å². The third kappa shape index (κ3) is 1.53. The Morgan fingerprint density at radius 2 is 1.90 bits per heavy atom. The fraction of sp³-hybridized carbons (Fsp3) is 0.0667. The van der Waals surface area contributed by atoms with Crippen LogP contribution in [0.1, 0.15) is 16.1 Å². The summed E-state index contributed by atoms with van der Waals surface area (Å²) in [5.41, 5.74) is 3.67. The highest BCUT2D eigenvalue weighted by molar-refractivity contribution is 6.11. The van der Waals surface area contributed by atoms with Crippen LogP contribution in [0.2, 0.25) is 0 Å². The van der Waals surface area contributed by atoms with Gasteiger partial charge >= 0.3 is 5.97 Å². The number of carboxylic acids is 1. The third-order valence-electron chi connectivity index (χ3n) is 3.64. The second-order valence-corrected chi connectivity index (χ2v) is 4.80. The van der Waals surface area contributed by atoms with Crippen LogP contribution in [-0.2, 0) is 0 Å². The standard InChI is InChI=1S/C15H10N2O4/c1-7-8-2-4-21-14(8)12(9-3-5-20-13(7)9)10-6-11(15(18)19)17-16-10/h2-6H,1H3,(H,16,17)(H,18,19). The molecular formula is C15H10N2O4. The molecule has 4 rings (SSSR count). The van der Waals surface area contributed by atoms with Gasteiger partial charge in [0.25, 0.3) is 0 Å². The summed E-state index contributed by atoms with van der Waals surface area (Å²) in [4.78, 5) is 11.0. The van der Waals surface area contributed by atoms with Crippen molar-refractivity contribution >= 4 is 27.9 Å². The first-order valence-corrected chi connectivity index (χ1v) is 6.33. The van der Waals surface area contributed by atoms with Crippen LogP contribution in [0, 0.1) is 6.92 Å². The maximum Gasteiger partial charge on any atom is 0.353 e. The van der Waals surface area contributed by atoms with Crippen LogP contribution < -0.4 is 0 Å². The van der Waals surface area contributed by atoms with Gasteiger partial charge in [0.15, 0.2) is 0 Å². The number of benzene rings is 1. The molecule has 6 nitrogen and oxygen atoms in total. The molecule has 6 heteroatoms. The van der Waals surface area contributed by atoms with E-state index in [2.05, 4.69) is 10.2 Å². The number of fused-ring (bicyclic) bond motifs is 2. The van der Waals surface area contributed by atoms with E-state index in [9.17, 15) is 4.79 Å². The van der Waals surface area contributed by atoms with E-state index in [1.165, 1.54) is 6.07 Å². The van der Waals surface area contributed by atoms with Crippen molar-refractivity contribution in [3.63, 3.8) is 0 Å². The zero-order valence-electron chi connectivity index (χ0n) is 11.0. The zero-order valence-corrected chi connectivity index (χ0v) is 11.0. The van der Waals surface area contributed by atoms with Crippen molar-refractivity contribution in [2.75, 3.05) is 0 Å². The van der Waals surface area contributed by atoms with Crippen molar-refractivity contribution in [2.45, 2.75) is 6.92 Å². The van der Waals surface area contributed by atoms with Crippen LogP contribution in [0.3, 0.4) is 0 Å². The van der Waals surface area contributed by atoms with Gasteiger partial charge < -0.3 is 13.9 Å². The molecule has 0 spiro atoms. The van der Waals surface area contributed by atoms with Gasteiger partial charge in [-0.25, -0.2) is 4.79 Å². The van der Waals surface area contributed by atoms with Crippen LogP contribution in [0.4, 0.5) is 0 Å². The van der Waals surface area contributed by atoms with E-state index in [-0.39, 0.29) is 5.69 Å². The second-order valence-electron chi connectivity index (χ2n) is 4.80. The van der Waals surface area contributed by atoms with E-state index in [1.54, 1.807) is 12.5 Å². The lowest BCUT2D eigenvalue weighted by molar-refractivity contribution is 0.0690. The van der Waals surface area contributed by atoms with E-state index in [0.717, 1.165) is 27.5 Å². The highest BCUT2D eigenvalue weighted by Crippen LogP contribution is 2.39. The number of furan rings is 2. The van der Waals surface area contributed by atoms with Crippen LogP contribution in [0.25, 0.3) is 33.2 Å². The monoisotopic (exact) mass is 282 g/mol. The summed E-state index contributed by atoms with van der Waals surface area (Å²) in [5.74, 6) is -1.06.